The van der Waals surface area contributed by atoms with Crippen LogP contribution in [0.1, 0.15) is 61.1 Å². The van der Waals surface area contributed by atoms with Gasteiger partial charge in [0.25, 0.3) is 0 Å². The molecule has 0 radical (unpaired) electrons. The fraction of sp³-hybridized carbons (Fsp3) is 0.407. The number of aliphatic carboxylic acids is 1. The highest BCUT2D eigenvalue weighted by atomic mass is 16.4. The van der Waals surface area contributed by atoms with Crippen molar-refractivity contribution in [1.29, 1.82) is 0 Å². The van der Waals surface area contributed by atoms with Crippen LogP contribution in [0.25, 0.3) is 22.0 Å². The Hall–Kier alpha value is -2.72. The zero-order chi connectivity index (χ0) is 21.2. The minimum absolute atomic E-state index is 0.153. The SMILES string of the molecule is O=C(O)CCc1cccc2c(-c3ncc(CN4CCCCC4)cc3C3CC3)cccc12. The van der Waals surface area contributed by atoms with Gasteiger partial charge in [0.2, 0.25) is 0 Å². The molecular weight excluding hydrogens is 384 g/mol. The van der Waals surface area contributed by atoms with Crippen molar-refractivity contribution in [2.24, 2.45) is 0 Å². The Kier molecular flexibility index (Phi) is 5.73. The topological polar surface area (TPSA) is 53.4 Å². The fourth-order valence-corrected chi connectivity index (χ4v) is 4.96. The van der Waals surface area contributed by atoms with Crippen LogP contribution >= 0.6 is 0 Å². The van der Waals surface area contributed by atoms with Crippen LogP contribution in [0.2, 0.25) is 0 Å². The molecule has 3 aromatic rings. The van der Waals surface area contributed by atoms with E-state index in [4.69, 9.17) is 10.1 Å². The number of pyridine rings is 1. The Morgan fingerprint density at radius 1 is 1.03 bits per heavy atom. The Morgan fingerprint density at radius 2 is 1.81 bits per heavy atom. The van der Waals surface area contributed by atoms with Crippen LogP contribution in [-0.2, 0) is 17.8 Å². The molecule has 31 heavy (non-hydrogen) atoms. The molecule has 0 spiro atoms. The van der Waals surface area contributed by atoms with Gasteiger partial charge in [-0.05, 0) is 78.6 Å². The van der Waals surface area contributed by atoms with Gasteiger partial charge in [-0.3, -0.25) is 14.7 Å². The number of aromatic nitrogens is 1. The average molecular weight is 415 g/mol. The summed E-state index contributed by atoms with van der Waals surface area (Å²) in [7, 11) is 0. The molecule has 2 heterocycles. The van der Waals surface area contributed by atoms with E-state index >= 15 is 0 Å². The molecule has 4 heteroatoms. The zero-order valence-corrected chi connectivity index (χ0v) is 18.0. The second-order valence-electron chi connectivity index (χ2n) is 9.10. The molecule has 0 atom stereocenters. The third kappa shape index (κ3) is 4.49. The number of carboxylic acids is 1. The van der Waals surface area contributed by atoms with Crippen LogP contribution in [0, 0.1) is 0 Å². The summed E-state index contributed by atoms with van der Waals surface area (Å²) in [5.74, 6) is -0.135. The summed E-state index contributed by atoms with van der Waals surface area (Å²) in [6.45, 7) is 3.40. The third-order valence-corrected chi connectivity index (χ3v) is 6.72. The summed E-state index contributed by atoms with van der Waals surface area (Å²) in [4.78, 5) is 18.7. The smallest absolute Gasteiger partial charge is 0.303 e. The second kappa shape index (κ2) is 8.80. The Balaban J connectivity index is 1.52. The number of benzene rings is 2. The lowest BCUT2D eigenvalue weighted by atomic mass is 9.93. The lowest BCUT2D eigenvalue weighted by molar-refractivity contribution is -0.136. The van der Waals surface area contributed by atoms with Gasteiger partial charge in [-0.15, -0.1) is 0 Å². The van der Waals surface area contributed by atoms with E-state index in [2.05, 4.69) is 41.4 Å². The van der Waals surface area contributed by atoms with Crippen LogP contribution in [-0.4, -0.2) is 34.0 Å². The van der Waals surface area contributed by atoms with Crippen molar-refractivity contribution in [2.75, 3.05) is 13.1 Å². The van der Waals surface area contributed by atoms with Gasteiger partial charge in [-0.1, -0.05) is 48.9 Å². The molecule has 4 nitrogen and oxygen atoms in total. The summed E-state index contributed by atoms with van der Waals surface area (Å²) >= 11 is 0. The van der Waals surface area contributed by atoms with Crippen LogP contribution in [0.15, 0.2) is 48.7 Å². The van der Waals surface area contributed by atoms with E-state index in [0.717, 1.165) is 23.2 Å². The minimum atomic E-state index is -0.755. The van der Waals surface area contributed by atoms with Crippen molar-refractivity contribution in [2.45, 2.75) is 57.4 Å². The lowest BCUT2D eigenvalue weighted by Crippen LogP contribution is -2.29. The molecule has 5 rings (SSSR count). The highest BCUT2D eigenvalue weighted by Gasteiger charge is 2.28. The Labute approximate surface area is 183 Å². The predicted molar refractivity (Wildman–Crippen MR) is 124 cm³/mol. The number of hydrogen-bond donors (Lipinski definition) is 1. The average Bonchev–Trinajstić information content (AvgIpc) is 3.63. The number of hydrogen-bond acceptors (Lipinski definition) is 3. The summed E-state index contributed by atoms with van der Waals surface area (Å²) in [5, 5.41) is 11.4. The molecule has 1 saturated carbocycles. The number of carbonyl (C=O) groups is 1. The summed E-state index contributed by atoms with van der Waals surface area (Å²) in [6, 6.07) is 15.0. The van der Waals surface area contributed by atoms with Gasteiger partial charge in [0.15, 0.2) is 0 Å². The van der Waals surface area contributed by atoms with Crippen molar-refractivity contribution in [1.82, 2.24) is 9.88 Å². The second-order valence-corrected chi connectivity index (χ2v) is 9.10. The highest BCUT2D eigenvalue weighted by molar-refractivity contribution is 5.98. The molecule has 0 unspecified atom stereocenters. The van der Waals surface area contributed by atoms with Crippen molar-refractivity contribution in [3.63, 3.8) is 0 Å². The van der Waals surface area contributed by atoms with Crippen LogP contribution in [0.3, 0.4) is 0 Å². The van der Waals surface area contributed by atoms with E-state index in [1.807, 2.05) is 12.1 Å². The molecule has 2 aliphatic rings. The molecule has 160 valence electrons. The third-order valence-electron chi connectivity index (χ3n) is 6.72. The molecule has 0 bridgehead atoms. The van der Waals surface area contributed by atoms with Crippen molar-refractivity contribution in [3.8, 4) is 11.3 Å². The van der Waals surface area contributed by atoms with E-state index in [-0.39, 0.29) is 6.42 Å². The van der Waals surface area contributed by atoms with E-state index in [0.29, 0.717) is 12.3 Å². The first-order valence-corrected chi connectivity index (χ1v) is 11.6. The van der Waals surface area contributed by atoms with Crippen LogP contribution in [0.4, 0.5) is 0 Å². The first-order valence-electron chi connectivity index (χ1n) is 11.6. The number of carboxylic acid groups (broad SMARTS) is 1. The van der Waals surface area contributed by atoms with Gasteiger partial charge in [0, 0.05) is 24.7 Å². The molecule has 1 aliphatic heterocycles. The molecule has 1 saturated heterocycles. The fourth-order valence-electron chi connectivity index (χ4n) is 4.96. The number of fused-ring (bicyclic) bond motifs is 1. The van der Waals surface area contributed by atoms with Gasteiger partial charge in [-0.2, -0.15) is 0 Å². The predicted octanol–water partition coefficient (Wildman–Crippen LogP) is 5.78. The van der Waals surface area contributed by atoms with Gasteiger partial charge < -0.3 is 5.11 Å². The van der Waals surface area contributed by atoms with Gasteiger partial charge in [0.05, 0.1) is 5.69 Å². The quantitative estimate of drug-likeness (QED) is 0.532. The Morgan fingerprint density at radius 3 is 2.58 bits per heavy atom. The highest BCUT2D eigenvalue weighted by Crippen LogP contribution is 2.45. The first kappa shape index (κ1) is 20.2. The van der Waals surface area contributed by atoms with E-state index in [1.54, 1.807) is 0 Å². The molecule has 2 fully saturated rings. The lowest BCUT2D eigenvalue weighted by Gasteiger charge is -2.26. The number of rotatable bonds is 7. The van der Waals surface area contributed by atoms with Gasteiger partial charge in [-0.25, -0.2) is 0 Å². The number of nitrogens with zero attached hydrogens (tertiary/aromatic N) is 2. The first-order chi connectivity index (χ1) is 15.2. The number of likely N-dealkylation sites (tertiary alicyclic amines) is 1. The molecule has 0 amide bonds. The van der Waals surface area contributed by atoms with Crippen molar-refractivity contribution < 1.29 is 9.90 Å². The van der Waals surface area contributed by atoms with Crippen LogP contribution in [0.5, 0.6) is 0 Å². The monoisotopic (exact) mass is 414 g/mol. The molecule has 1 N–H and O–H groups in total. The minimum Gasteiger partial charge on any atom is -0.481 e. The molecule has 1 aromatic heterocycles. The zero-order valence-electron chi connectivity index (χ0n) is 18.0. The maximum absolute atomic E-state index is 11.1. The van der Waals surface area contributed by atoms with Crippen LogP contribution < -0.4 is 0 Å². The normalized spacial score (nSPS) is 17.2. The molecule has 1 aliphatic carbocycles. The maximum atomic E-state index is 11.1. The Bertz CT molecular complexity index is 1100. The van der Waals surface area contributed by atoms with E-state index in [9.17, 15) is 4.79 Å². The van der Waals surface area contributed by atoms with E-state index in [1.165, 1.54) is 67.3 Å². The van der Waals surface area contributed by atoms with Gasteiger partial charge >= 0.3 is 5.97 Å². The number of aryl methyl sites for hydroxylation is 1. The standard InChI is InChI=1S/C27H30N2O2/c30-26(31)13-12-20-6-4-8-23-22(20)7-5-9-24(23)27-25(21-10-11-21)16-19(17-28-27)18-29-14-2-1-3-15-29/h4-9,16-17,21H,1-3,10-15,18H2,(H,30,31). The largest absolute Gasteiger partial charge is 0.481 e. The number of piperidine rings is 1. The molecule has 2 aromatic carbocycles. The van der Waals surface area contributed by atoms with E-state index < -0.39 is 5.97 Å². The van der Waals surface area contributed by atoms with Crippen molar-refractivity contribution in [3.05, 3.63) is 65.4 Å². The van der Waals surface area contributed by atoms with Gasteiger partial charge in [0.1, 0.15) is 0 Å². The molecular formula is C27H30N2O2. The van der Waals surface area contributed by atoms with Crippen molar-refractivity contribution >= 4 is 16.7 Å². The summed E-state index contributed by atoms with van der Waals surface area (Å²) in [6.07, 6.45) is 9.24. The summed E-state index contributed by atoms with van der Waals surface area (Å²) < 4.78 is 0. The summed E-state index contributed by atoms with van der Waals surface area (Å²) in [5.41, 5.74) is 6.08. The maximum Gasteiger partial charge on any atom is 0.303 e.